The lowest BCUT2D eigenvalue weighted by Crippen LogP contribution is -2.72. The van der Waals surface area contributed by atoms with Crippen LogP contribution in [-0.2, 0) is 28.4 Å². The van der Waals surface area contributed by atoms with Crippen molar-refractivity contribution in [3.63, 3.8) is 0 Å². The number of amides is 2. The van der Waals surface area contributed by atoms with Crippen LogP contribution in [0, 0.1) is 5.92 Å². The van der Waals surface area contributed by atoms with Crippen molar-refractivity contribution in [1.82, 2.24) is 9.38 Å². The van der Waals surface area contributed by atoms with E-state index in [0.29, 0.717) is 25.0 Å². The number of halogens is 9. The molecule has 2 amide bonds. The van der Waals surface area contributed by atoms with Gasteiger partial charge >= 0.3 is 30.8 Å². The van der Waals surface area contributed by atoms with E-state index in [2.05, 4.69) is 0 Å². The predicted molar refractivity (Wildman–Crippen MR) is 143 cm³/mol. The highest BCUT2D eigenvalue weighted by molar-refractivity contribution is 5.86. The smallest absolute Gasteiger partial charge is 0.447 e. The molecule has 2 aromatic carbocycles. The maximum atomic E-state index is 15.3. The van der Waals surface area contributed by atoms with E-state index in [1.807, 2.05) is 0 Å². The highest BCUT2D eigenvalue weighted by Gasteiger charge is 2.73. The molecule has 0 N–H and O–H groups in total. The minimum absolute atomic E-state index is 0.0607. The predicted octanol–water partition coefficient (Wildman–Crippen LogP) is 9.37. The summed E-state index contributed by atoms with van der Waals surface area (Å²) in [5.74, 6) is -0.643. The number of hydrogen-bond acceptors (Lipinski definition) is 4. The molecule has 2 aliphatic rings. The van der Waals surface area contributed by atoms with E-state index in [-0.39, 0.29) is 11.6 Å². The zero-order valence-electron chi connectivity index (χ0n) is 24.7. The van der Waals surface area contributed by atoms with Crippen molar-refractivity contribution in [3.05, 3.63) is 64.7 Å². The SMILES string of the molecule is CC(C)OC(=O)N(Cc1cc(C(F)(F)F)cc(C(F)(F)F)c1)C1C[C@H](C2CC2)[N@@+](C(=O)OC(C)C)(C(F)(F)F)c2ccccc21. The zero-order valence-corrected chi connectivity index (χ0v) is 24.7. The van der Waals surface area contributed by atoms with Crippen molar-refractivity contribution in [1.29, 1.82) is 0 Å². The second-order valence-corrected chi connectivity index (χ2v) is 11.8. The molecule has 2 aromatic rings. The van der Waals surface area contributed by atoms with Crippen LogP contribution in [0.4, 0.5) is 54.8 Å². The lowest BCUT2D eigenvalue weighted by Gasteiger charge is -2.48. The third-order valence-electron chi connectivity index (χ3n) is 7.78. The molecule has 1 heterocycles. The number of nitrogens with zero attached hydrogens (tertiary/aromatic N) is 2. The third kappa shape index (κ3) is 6.87. The van der Waals surface area contributed by atoms with Gasteiger partial charge in [0.25, 0.3) is 0 Å². The van der Waals surface area contributed by atoms with Gasteiger partial charge in [-0.2, -0.15) is 31.1 Å². The molecule has 0 bridgehead atoms. The lowest BCUT2D eigenvalue weighted by molar-refractivity contribution is -0.242. The van der Waals surface area contributed by atoms with Crippen LogP contribution < -0.4 is 4.48 Å². The van der Waals surface area contributed by atoms with Gasteiger partial charge < -0.3 is 9.47 Å². The topological polar surface area (TPSA) is 55.8 Å². The Morgan fingerprint density at radius 2 is 1.38 bits per heavy atom. The molecule has 0 aromatic heterocycles. The fourth-order valence-electron chi connectivity index (χ4n) is 5.89. The first-order chi connectivity index (χ1) is 20.7. The first kappa shape index (κ1) is 34.4. The normalized spacial score (nSPS) is 22.3. The quantitative estimate of drug-likeness (QED) is 0.177. The summed E-state index contributed by atoms with van der Waals surface area (Å²) in [6.07, 6.45) is -19.9. The van der Waals surface area contributed by atoms with Crippen molar-refractivity contribution in [2.75, 3.05) is 0 Å². The molecule has 0 spiro atoms. The van der Waals surface area contributed by atoms with Crippen LogP contribution in [0.25, 0.3) is 0 Å². The summed E-state index contributed by atoms with van der Waals surface area (Å²) < 4.78 is 136. The van der Waals surface area contributed by atoms with Gasteiger partial charge in [-0.1, -0.05) is 22.7 Å². The van der Waals surface area contributed by atoms with Gasteiger partial charge in [-0.15, -0.1) is 13.2 Å². The first-order valence-electron chi connectivity index (χ1n) is 14.2. The van der Waals surface area contributed by atoms with Gasteiger partial charge in [0.05, 0.1) is 23.3 Å². The number of fused-ring (bicyclic) bond motifs is 1. The zero-order chi connectivity index (χ0) is 33.7. The Morgan fingerprint density at radius 3 is 1.84 bits per heavy atom. The lowest BCUT2D eigenvalue weighted by atomic mass is 9.85. The van der Waals surface area contributed by atoms with Gasteiger partial charge in [0.15, 0.2) is 5.69 Å². The average Bonchev–Trinajstić information content (AvgIpc) is 3.73. The molecule has 0 radical (unpaired) electrons. The number of carbonyl (C=O) groups excluding carboxylic acids is 2. The van der Waals surface area contributed by atoms with Crippen LogP contribution in [0.3, 0.4) is 0 Å². The molecule has 0 saturated heterocycles. The van der Waals surface area contributed by atoms with Gasteiger partial charge in [-0.3, -0.25) is 4.90 Å². The summed E-state index contributed by atoms with van der Waals surface area (Å²) in [5, 5.41) is 0. The highest BCUT2D eigenvalue weighted by Crippen LogP contribution is 2.57. The van der Waals surface area contributed by atoms with Gasteiger partial charge in [0, 0.05) is 30.5 Å². The highest BCUT2D eigenvalue weighted by atomic mass is 19.4. The Kier molecular flexibility index (Phi) is 9.19. The fourth-order valence-corrected chi connectivity index (χ4v) is 5.89. The number of hydrogen-bond donors (Lipinski definition) is 0. The van der Waals surface area contributed by atoms with Crippen molar-refractivity contribution >= 4 is 17.9 Å². The summed E-state index contributed by atoms with van der Waals surface area (Å²) >= 11 is 0. The molecule has 1 saturated carbocycles. The fraction of sp³-hybridized carbons (Fsp3) is 0.533. The molecule has 45 heavy (non-hydrogen) atoms. The molecule has 3 atom stereocenters. The van der Waals surface area contributed by atoms with Crippen molar-refractivity contribution in [2.24, 2.45) is 5.92 Å². The van der Waals surface area contributed by atoms with Crippen LogP contribution in [0.15, 0.2) is 42.5 Å². The molecule has 4 rings (SSSR count). The number of alkyl halides is 9. The molecule has 15 heteroatoms. The molecule has 6 nitrogen and oxygen atoms in total. The maximum absolute atomic E-state index is 15.3. The number of benzene rings is 2. The molecule has 248 valence electrons. The number of carbonyl (C=O) groups is 2. The second-order valence-electron chi connectivity index (χ2n) is 11.8. The number of para-hydroxylation sites is 1. The standard InChI is InChI=1S/C30H32F9N2O4/c1-16(2)44-26(42)40(15-18-11-20(28(31,32)33)13-21(12-18)29(34,35)36)23-14-25(19-9-10-19)41(30(37,38)39,27(43)45-17(3)4)24-8-6-5-7-22(23)24/h5-8,11-13,16-17,19,23,25H,9-10,14-15H2,1-4H3/q+1/t23?,25-,41+/m1/s1. The van der Waals surface area contributed by atoms with E-state index in [1.54, 1.807) is 0 Å². The van der Waals surface area contributed by atoms with Crippen molar-refractivity contribution in [3.8, 4) is 0 Å². The Bertz CT molecular complexity index is 1390. The Morgan fingerprint density at radius 1 is 0.844 bits per heavy atom. The van der Waals surface area contributed by atoms with Crippen LogP contribution >= 0.6 is 0 Å². The molecule has 1 unspecified atom stereocenters. The van der Waals surface area contributed by atoms with Crippen molar-refractivity contribution < 1.29 is 58.6 Å². The first-order valence-corrected chi connectivity index (χ1v) is 14.2. The van der Waals surface area contributed by atoms with Crippen molar-refractivity contribution in [2.45, 2.75) is 96.4 Å². The maximum Gasteiger partial charge on any atom is 0.576 e. The summed E-state index contributed by atoms with van der Waals surface area (Å²) in [4.78, 5) is 27.8. The minimum atomic E-state index is -5.22. The number of rotatable bonds is 6. The van der Waals surface area contributed by atoms with E-state index in [9.17, 15) is 35.9 Å². The molecule has 1 aliphatic heterocycles. The van der Waals surface area contributed by atoms with Gasteiger partial charge in [0.2, 0.25) is 0 Å². The van der Waals surface area contributed by atoms with E-state index < -0.39 is 101 Å². The van der Waals surface area contributed by atoms with Crippen LogP contribution in [0.2, 0.25) is 0 Å². The average molecular weight is 656 g/mol. The molecular weight excluding hydrogens is 623 g/mol. The van der Waals surface area contributed by atoms with E-state index in [4.69, 9.17) is 9.47 Å². The summed E-state index contributed by atoms with van der Waals surface area (Å²) in [7, 11) is 0. The largest absolute Gasteiger partial charge is 0.576 e. The summed E-state index contributed by atoms with van der Waals surface area (Å²) in [6.45, 7) is 4.83. The summed E-state index contributed by atoms with van der Waals surface area (Å²) in [6, 6.07) is 2.96. The Hall–Kier alpha value is -3.49. The van der Waals surface area contributed by atoms with Gasteiger partial charge in [0.1, 0.15) is 12.1 Å². The molecular formula is C30H32F9N2O4+. The number of quaternary nitrogens is 1. The molecule has 1 aliphatic carbocycles. The van der Waals surface area contributed by atoms with Crippen LogP contribution in [-0.4, -0.2) is 41.6 Å². The number of ether oxygens (including phenoxy) is 2. The van der Waals surface area contributed by atoms with Gasteiger partial charge in [-0.25, -0.2) is 4.79 Å². The summed E-state index contributed by atoms with van der Waals surface area (Å²) in [5.41, 5.74) is -4.52. The van der Waals surface area contributed by atoms with E-state index in [0.717, 1.165) is 11.0 Å². The minimum Gasteiger partial charge on any atom is -0.447 e. The van der Waals surface area contributed by atoms with Crippen LogP contribution in [0.1, 0.15) is 75.3 Å². The Balaban J connectivity index is 1.94. The van der Waals surface area contributed by atoms with Gasteiger partial charge in [-0.05, 0) is 64.3 Å². The second kappa shape index (κ2) is 12.0. The van der Waals surface area contributed by atoms with E-state index in [1.165, 1.54) is 45.9 Å². The third-order valence-corrected chi connectivity index (χ3v) is 7.78. The Labute approximate surface area is 253 Å². The van der Waals surface area contributed by atoms with E-state index >= 15 is 13.2 Å². The molecule has 1 fully saturated rings. The monoisotopic (exact) mass is 655 g/mol. The van der Waals surface area contributed by atoms with Crippen LogP contribution in [0.5, 0.6) is 0 Å².